The van der Waals surface area contributed by atoms with Crippen LogP contribution >= 0.6 is 0 Å². The molecule has 0 aliphatic heterocycles. The summed E-state index contributed by atoms with van der Waals surface area (Å²) in [7, 11) is 0. The first kappa shape index (κ1) is 20.5. The zero-order valence-corrected chi connectivity index (χ0v) is 17.0. The SMILES string of the molecule is CC(NC(=O)CCCc1nnc2c(=O)n(-c3cccc(F)c3)ccn12)c1ccccc1. The number of aryl methyl sites for hydroxylation is 1. The fourth-order valence-corrected chi connectivity index (χ4v) is 3.48. The summed E-state index contributed by atoms with van der Waals surface area (Å²) in [4.78, 5) is 25.0. The first-order valence-electron chi connectivity index (χ1n) is 10.1. The van der Waals surface area contributed by atoms with Gasteiger partial charge in [0.2, 0.25) is 11.6 Å². The number of hydrogen-bond acceptors (Lipinski definition) is 4. The smallest absolute Gasteiger partial charge is 0.300 e. The number of carbonyl (C=O) groups excluding carboxylic acids is 1. The number of nitrogens with zero attached hydrogens (tertiary/aromatic N) is 4. The lowest BCUT2D eigenvalue weighted by Gasteiger charge is -2.14. The topological polar surface area (TPSA) is 81.3 Å². The fraction of sp³-hybridized carbons (Fsp3) is 0.217. The maximum absolute atomic E-state index is 13.5. The van der Waals surface area contributed by atoms with Crippen LogP contribution in [0.3, 0.4) is 0 Å². The molecule has 0 radical (unpaired) electrons. The number of nitrogens with one attached hydrogen (secondary N) is 1. The highest BCUT2D eigenvalue weighted by molar-refractivity contribution is 5.76. The van der Waals surface area contributed by atoms with Crippen LogP contribution in [0.15, 0.2) is 71.8 Å². The van der Waals surface area contributed by atoms with Crippen molar-refractivity contribution < 1.29 is 9.18 Å². The Labute approximate surface area is 178 Å². The third kappa shape index (κ3) is 4.53. The number of hydrogen-bond donors (Lipinski definition) is 1. The average Bonchev–Trinajstić information content (AvgIpc) is 3.18. The highest BCUT2D eigenvalue weighted by atomic mass is 19.1. The van der Waals surface area contributed by atoms with Gasteiger partial charge in [-0.2, -0.15) is 0 Å². The molecule has 1 unspecified atom stereocenters. The van der Waals surface area contributed by atoms with Crippen molar-refractivity contribution in [1.29, 1.82) is 0 Å². The molecule has 1 amide bonds. The Morgan fingerprint density at radius 3 is 2.68 bits per heavy atom. The molecular weight excluding hydrogens is 397 g/mol. The molecule has 0 spiro atoms. The molecule has 1 atom stereocenters. The van der Waals surface area contributed by atoms with Gasteiger partial charge < -0.3 is 5.32 Å². The summed E-state index contributed by atoms with van der Waals surface area (Å²) in [6.45, 7) is 1.95. The summed E-state index contributed by atoms with van der Waals surface area (Å²) in [5, 5.41) is 11.1. The van der Waals surface area contributed by atoms with E-state index in [-0.39, 0.29) is 23.2 Å². The molecule has 158 valence electrons. The summed E-state index contributed by atoms with van der Waals surface area (Å²) in [6.07, 6.45) is 4.64. The number of benzene rings is 2. The molecule has 8 heteroatoms. The van der Waals surface area contributed by atoms with Crippen LogP contribution in [0.5, 0.6) is 0 Å². The predicted octanol–water partition coefficient (Wildman–Crippen LogP) is 3.22. The third-order valence-corrected chi connectivity index (χ3v) is 5.11. The number of amides is 1. The highest BCUT2D eigenvalue weighted by Crippen LogP contribution is 2.12. The minimum Gasteiger partial charge on any atom is -0.350 e. The largest absolute Gasteiger partial charge is 0.350 e. The summed E-state index contributed by atoms with van der Waals surface area (Å²) < 4.78 is 16.4. The maximum atomic E-state index is 13.5. The second-order valence-electron chi connectivity index (χ2n) is 7.32. The maximum Gasteiger partial charge on any atom is 0.300 e. The van der Waals surface area contributed by atoms with Crippen molar-refractivity contribution in [3.05, 3.63) is 94.5 Å². The first-order valence-corrected chi connectivity index (χ1v) is 10.1. The molecular formula is C23H22FN5O2. The number of aromatic nitrogens is 4. The van der Waals surface area contributed by atoms with Gasteiger partial charge in [0.05, 0.1) is 11.7 Å². The third-order valence-electron chi connectivity index (χ3n) is 5.11. The van der Waals surface area contributed by atoms with Crippen molar-refractivity contribution in [2.75, 3.05) is 0 Å². The van der Waals surface area contributed by atoms with E-state index in [1.54, 1.807) is 28.9 Å². The Kier molecular flexibility index (Phi) is 5.88. The van der Waals surface area contributed by atoms with Gasteiger partial charge >= 0.3 is 5.56 Å². The van der Waals surface area contributed by atoms with E-state index in [2.05, 4.69) is 15.5 Å². The molecule has 0 fully saturated rings. The minimum absolute atomic E-state index is 0.0429. The Balaban J connectivity index is 1.41. The molecule has 0 saturated heterocycles. The summed E-state index contributed by atoms with van der Waals surface area (Å²) >= 11 is 0. The molecule has 4 aromatic rings. The average molecular weight is 419 g/mol. The van der Waals surface area contributed by atoms with E-state index in [0.29, 0.717) is 30.8 Å². The summed E-state index contributed by atoms with van der Waals surface area (Å²) in [6, 6.07) is 15.5. The van der Waals surface area contributed by atoms with Crippen molar-refractivity contribution in [2.24, 2.45) is 0 Å². The van der Waals surface area contributed by atoms with Gasteiger partial charge in [-0.25, -0.2) is 4.39 Å². The summed E-state index contributed by atoms with van der Waals surface area (Å²) in [5.41, 5.74) is 1.24. The van der Waals surface area contributed by atoms with Crippen molar-refractivity contribution >= 4 is 11.6 Å². The van der Waals surface area contributed by atoms with Crippen molar-refractivity contribution in [2.45, 2.75) is 32.2 Å². The Bertz CT molecular complexity index is 1270. The monoisotopic (exact) mass is 419 g/mol. The van der Waals surface area contributed by atoms with Crippen molar-refractivity contribution in [3.8, 4) is 5.69 Å². The van der Waals surface area contributed by atoms with E-state index in [1.807, 2.05) is 37.3 Å². The van der Waals surface area contributed by atoms with Gasteiger partial charge in [0.1, 0.15) is 11.6 Å². The number of halogens is 1. The first-order chi connectivity index (χ1) is 15.0. The molecule has 7 nitrogen and oxygen atoms in total. The van der Waals surface area contributed by atoms with Gasteiger partial charge in [0.25, 0.3) is 0 Å². The summed E-state index contributed by atoms with van der Waals surface area (Å²) in [5.74, 6) is 0.132. The zero-order valence-electron chi connectivity index (χ0n) is 17.0. The Hall–Kier alpha value is -3.81. The van der Waals surface area contributed by atoms with Gasteiger partial charge in [0.15, 0.2) is 0 Å². The lowest BCUT2D eigenvalue weighted by Crippen LogP contribution is -2.26. The second kappa shape index (κ2) is 8.91. The van der Waals surface area contributed by atoms with Crippen LogP contribution in [0.4, 0.5) is 4.39 Å². The lowest BCUT2D eigenvalue weighted by atomic mass is 10.1. The Morgan fingerprint density at radius 2 is 1.90 bits per heavy atom. The molecule has 1 N–H and O–H groups in total. The lowest BCUT2D eigenvalue weighted by molar-refractivity contribution is -0.121. The number of fused-ring (bicyclic) bond motifs is 1. The normalized spacial score (nSPS) is 12.1. The highest BCUT2D eigenvalue weighted by Gasteiger charge is 2.13. The fourth-order valence-electron chi connectivity index (χ4n) is 3.48. The number of carbonyl (C=O) groups is 1. The van der Waals surface area contributed by atoms with Gasteiger partial charge in [-0.15, -0.1) is 10.2 Å². The van der Waals surface area contributed by atoms with Gasteiger partial charge in [-0.1, -0.05) is 36.4 Å². The molecule has 2 aromatic carbocycles. The molecule has 0 aliphatic rings. The van der Waals surface area contributed by atoms with Gasteiger partial charge in [0, 0.05) is 25.2 Å². The van der Waals surface area contributed by atoms with E-state index in [0.717, 1.165) is 5.56 Å². The van der Waals surface area contributed by atoms with E-state index in [9.17, 15) is 14.0 Å². The molecule has 0 saturated carbocycles. The van der Waals surface area contributed by atoms with Gasteiger partial charge in [-0.3, -0.25) is 18.6 Å². The standard InChI is InChI=1S/C23H22FN5O2/c1-16(17-7-3-2-4-8-17)25-21(30)12-6-11-20-26-27-22-23(31)28(13-14-29(20)22)19-10-5-9-18(24)15-19/h2-5,7-10,13-16H,6,11-12H2,1H3,(H,25,30). The van der Waals surface area contributed by atoms with Crippen LogP contribution in [0.1, 0.15) is 37.2 Å². The zero-order chi connectivity index (χ0) is 21.8. The Morgan fingerprint density at radius 1 is 1.10 bits per heavy atom. The van der Waals surface area contributed by atoms with Crippen LogP contribution in [-0.2, 0) is 11.2 Å². The second-order valence-corrected chi connectivity index (χ2v) is 7.32. The van der Waals surface area contributed by atoms with Crippen molar-refractivity contribution in [3.63, 3.8) is 0 Å². The van der Waals surface area contributed by atoms with Crippen LogP contribution < -0.4 is 10.9 Å². The molecule has 4 rings (SSSR count). The van der Waals surface area contributed by atoms with E-state index in [4.69, 9.17) is 0 Å². The minimum atomic E-state index is -0.425. The van der Waals surface area contributed by atoms with Crippen LogP contribution in [0.2, 0.25) is 0 Å². The molecule has 0 aliphatic carbocycles. The van der Waals surface area contributed by atoms with Crippen molar-refractivity contribution in [1.82, 2.24) is 24.5 Å². The predicted molar refractivity (Wildman–Crippen MR) is 114 cm³/mol. The van der Waals surface area contributed by atoms with E-state index in [1.165, 1.54) is 16.7 Å². The molecule has 2 heterocycles. The van der Waals surface area contributed by atoms with Crippen LogP contribution in [-0.4, -0.2) is 25.1 Å². The van der Waals surface area contributed by atoms with Crippen LogP contribution in [0, 0.1) is 5.82 Å². The number of rotatable bonds is 7. The van der Waals surface area contributed by atoms with E-state index >= 15 is 0 Å². The van der Waals surface area contributed by atoms with Crippen LogP contribution in [0.25, 0.3) is 11.3 Å². The molecule has 0 bridgehead atoms. The molecule has 2 aromatic heterocycles. The van der Waals surface area contributed by atoms with Gasteiger partial charge in [-0.05, 0) is 37.1 Å². The van der Waals surface area contributed by atoms with E-state index < -0.39 is 5.82 Å². The molecule has 31 heavy (non-hydrogen) atoms. The quantitative estimate of drug-likeness (QED) is 0.499.